The van der Waals surface area contributed by atoms with Crippen molar-refractivity contribution >= 4 is 29.2 Å². The van der Waals surface area contributed by atoms with E-state index in [1.807, 2.05) is 37.3 Å². The summed E-state index contributed by atoms with van der Waals surface area (Å²) in [5, 5.41) is 55.7. The van der Waals surface area contributed by atoms with E-state index < -0.39 is 59.3 Å². The predicted octanol–water partition coefficient (Wildman–Crippen LogP) is 1.76. The van der Waals surface area contributed by atoms with Gasteiger partial charge in [-0.25, -0.2) is 14.6 Å². The first-order valence-corrected chi connectivity index (χ1v) is 13.8. The topological polar surface area (TPSA) is 193 Å². The zero-order valence-electron chi connectivity index (χ0n) is 22.7. The summed E-state index contributed by atoms with van der Waals surface area (Å²) in [6.45, 7) is 8.81. The number of carboxylic acids is 2. The van der Waals surface area contributed by atoms with Crippen LogP contribution < -0.4 is 0 Å². The third-order valence-corrected chi connectivity index (χ3v) is 8.51. The molecule has 3 heterocycles. The molecular formula is C28H33NO11S. The Kier molecular flexibility index (Phi) is 8.42. The molecule has 0 saturated carbocycles. The SMILES string of the molecule is C=C(CC[C@]12O[C@H](c3csc(C)n3)[C@@](O)(C(=O)O)[C@](C(=O)O)(O1)[C@H](O)[C@H]2O)[C@@H](OC(C)=O)[C@H](C)Cc1ccccc1. The lowest BCUT2D eigenvalue weighted by atomic mass is 9.74. The van der Waals surface area contributed by atoms with Crippen molar-refractivity contribution in [1.82, 2.24) is 4.98 Å². The van der Waals surface area contributed by atoms with Crippen LogP contribution in [0.25, 0.3) is 0 Å². The maximum Gasteiger partial charge on any atom is 0.342 e. The molecule has 12 nitrogen and oxygen atoms in total. The number of aryl methyl sites for hydroxylation is 1. The molecule has 0 spiro atoms. The van der Waals surface area contributed by atoms with E-state index in [1.165, 1.54) is 12.3 Å². The number of aliphatic hydroxyl groups is 3. The first-order valence-electron chi connectivity index (χ1n) is 12.9. The molecule has 5 N–H and O–H groups in total. The van der Waals surface area contributed by atoms with Gasteiger partial charge < -0.3 is 39.7 Å². The van der Waals surface area contributed by atoms with Crippen molar-refractivity contribution in [2.45, 2.75) is 81.4 Å². The first-order chi connectivity index (χ1) is 19.2. The van der Waals surface area contributed by atoms with Gasteiger partial charge in [-0.05, 0) is 30.9 Å². The lowest BCUT2D eigenvalue weighted by Gasteiger charge is -2.49. The predicted molar refractivity (Wildman–Crippen MR) is 143 cm³/mol. The van der Waals surface area contributed by atoms with Gasteiger partial charge in [-0.15, -0.1) is 11.3 Å². The van der Waals surface area contributed by atoms with Gasteiger partial charge in [0.15, 0.2) is 5.79 Å². The van der Waals surface area contributed by atoms with Gasteiger partial charge in [0.2, 0.25) is 11.2 Å². The highest BCUT2D eigenvalue weighted by Gasteiger charge is 2.83. The highest BCUT2D eigenvalue weighted by molar-refractivity contribution is 7.09. The molecule has 2 aromatic rings. The number of aliphatic carboxylic acids is 2. The smallest absolute Gasteiger partial charge is 0.342 e. The molecule has 2 aliphatic rings. The number of carbonyl (C=O) groups excluding carboxylic acids is 1. The van der Waals surface area contributed by atoms with Gasteiger partial charge in [-0.2, -0.15) is 0 Å². The molecule has 0 unspecified atom stereocenters. The highest BCUT2D eigenvalue weighted by Crippen LogP contribution is 2.58. The average molecular weight is 592 g/mol. The van der Waals surface area contributed by atoms with Crippen LogP contribution in [0.2, 0.25) is 0 Å². The van der Waals surface area contributed by atoms with Crippen LogP contribution in [0.3, 0.4) is 0 Å². The van der Waals surface area contributed by atoms with Crippen LogP contribution in [0.15, 0.2) is 47.9 Å². The third kappa shape index (κ3) is 5.07. The molecule has 222 valence electrons. The Morgan fingerprint density at radius 2 is 1.80 bits per heavy atom. The quantitative estimate of drug-likeness (QED) is 0.188. The zero-order chi connectivity index (χ0) is 30.3. The minimum Gasteiger partial charge on any atom is -0.479 e. The van der Waals surface area contributed by atoms with E-state index in [2.05, 4.69) is 11.6 Å². The third-order valence-electron chi connectivity index (χ3n) is 7.72. The lowest BCUT2D eigenvalue weighted by Crippen LogP contribution is -2.73. The summed E-state index contributed by atoms with van der Waals surface area (Å²) in [6.07, 6.45) is -7.05. The molecule has 2 aliphatic heterocycles. The Balaban J connectivity index is 1.68. The summed E-state index contributed by atoms with van der Waals surface area (Å²) in [7, 11) is 0. The summed E-state index contributed by atoms with van der Waals surface area (Å²) in [5.74, 6) is -7.13. The molecule has 2 bridgehead atoms. The van der Waals surface area contributed by atoms with Crippen LogP contribution >= 0.6 is 11.3 Å². The summed E-state index contributed by atoms with van der Waals surface area (Å²) >= 11 is 1.10. The van der Waals surface area contributed by atoms with Gasteiger partial charge >= 0.3 is 17.9 Å². The number of fused-ring (bicyclic) bond motifs is 2. The largest absolute Gasteiger partial charge is 0.479 e. The molecule has 1 aromatic heterocycles. The summed E-state index contributed by atoms with van der Waals surface area (Å²) in [6, 6.07) is 9.50. The average Bonchev–Trinajstić information content (AvgIpc) is 3.43. The molecule has 0 radical (unpaired) electrons. The minimum atomic E-state index is -3.37. The molecule has 8 atom stereocenters. The van der Waals surface area contributed by atoms with E-state index in [4.69, 9.17) is 14.2 Å². The number of ether oxygens (including phenoxy) is 3. The Hall–Kier alpha value is -3.20. The van der Waals surface area contributed by atoms with Crippen LogP contribution in [0.1, 0.15) is 49.1 Å². The Labute approximate surface area is 239 Å². The van der Waals surface area contributed by atoms with E-state index in [0.29, 0.717) is 17.0 Å². The Morgan fingerprint density at radius 1 is 1.15 bits per heavy atom. The fourth-order valence-electron chi connectivity index (χ4n) is 5.72. The second kappa shape index (κ2) is 11.2. The van der Waals surface area contributed by atoms with Crippen molar-refractivity contribution < 1.29 is 54.1 Å². The fourth-order valence-corrected chi connectivity index (χ4v) is 6.35. The molecule has 1 aromatic carbocycles. The van der Waals surface area contributed by atoms with E-state index in [9.17, 15) is 39.9 Å². The number of rotatable bonds is 11. The van der Waals surface area contributed by atoms with Gasteiger partial charge in [0.25, 0.3) is 0 Å². The van der Waals surface area contributed by atoms with E-state index in [-0.39, 0.29) is 24.5 Å². The number of esters is 1. The van der Waals surface area contributed by atoms with Crippen LogP contribution in [-0.4, -0.2) is 83.7 Å². The standard InChI is InChI=1S/C28H33NO11S/c1-14(20(38-17(4)30)15(2)12-18-8-6-5-7-9-18)10-11-26-21(31)22(32)28(40-26,25(35)36)27(37,24(33)34)23(39-26)19-13-41-16(3)29-19/h5-9,13,15,20-23,31-32,37H,1,10-12H2,2-4H3,(H,33,34)(H,35,36)/t15-,20-,21-,22-,23-,26+,27-,28+/m1/s1. The number of benzene rings is 1. The first kappa shape index (κ1) is 30.8. The van der Waals surface area contributed by atoms with Crippen LogP contribution in [0, 0.1) is 12.8 Å². The van der Waals surface area contributed by atoms with Crippen LogP contribution in [0.5, 0.6) is 0 Å². The lowest BCUT2D eigenvalue weighted by molar-refractivity contribution is -0.383. The monoisotopic (exact) mass is 591 g/mol. The van der Waals surface area contributed by atoms with Crippen molar-refractivity contribution in [1.29, 1.82) is 0 Å². The van der Waals surface area contributed by atoms with Crippen molar-refractivity contribution in [2.24, 2.45) is 5.92 Å². The zero-order valence-corrected chi connectivity index (χ0v) is 23.5. The van der Waals surface area contributed by atoms with Gasteiger partial charge in [0.1, 0.15) is 24.4 Å². The molecule has 0 amide bonds. The molecule has 4 rings (SSSR count). The van der Waals surface area contributed by atoms with Gasteiger partial charge in [-0.3, -0.25) is 4.79 Å². The molecule has 2 fully saturated rings. The number of hydrogen-bond donors (Lipinski definition) is 5. The summed E-state index contributed by atoms with van der Waals surface area (Å²) < 4.78 is 17.1. The van der Waals surface area contributed by atoms with Gasteiger partial charge in [0, 0.05) is 24.6 Å². The van der Waals surface area contributed by atoms with Crippen molar-refractivity contribution in [3.8, 4) is 0 Å². The maximum atomic E-state index is 12.6. The van der Waals surface area contributed by atoms with E-state index in [0.717, 1.165) is 16.9 Å². The molecule has 0 aliphatic carbocycles. The van der Waals surface area contributed by atoms with Crippen molar-refractivity contribution in [3.05, 3.63) is 64.1 Å². The molecule has 41 heavy (non-hydrogen) atoms. The number of nitrogens with zero attached hydrogens (tertiary/aromatic N) is 1. The number of aliphatic hydroxyl groups excluding tert-OH is 2. The Morgan fingerprint density at radius 3 is 2.34 bits per heavy atom. The maximum absolute atomic E-state index is 12.6. The van der Waals surface area contributed by atoms with Gasteiger partial charge in [0.05, 0.1) is 10.7 Å². The molecule has 13 heteroatoms. The van der Waals surface area contributed by atoms with Crippen molar-refractivity contribution in [2.75, 3.05) is 0 Å². The minimum absolute atomic E-state index is 0.0507. The number of hydrogen-bond acceptors (Lipinski definition) is 11. The number of aromatic nitrogens is 1. The Bertz CT molecular complexity index is 1330. The fraction of sp³-hybridized carbons (Fsp3) is 0.500. The summed E-state index contributed by atoms with van der Waals surface area (Å²) in [4.78, 5) is 41.2. The second-order valence-corrected chi connectivity index (χ2v) is 11.6. The number of carboxylic acid groups (broad SMARTS) is 2. The number of carbonyl (C=O) groups is 3. The van der Waals surface area contributed by atoms with Gasteiger partial charge in [-0.1, -0.05) is 43.8 Å². The molecule has 2 saturated heterocycles. The molecular weight excluding hydrogens is 558 g/mol. The second-order valence-electron chi connectivity index (χ2n) is 10.6. The van der Waals surface area contributed by atoms with Crippen LogP contribution in [0.4, 0.5) is 0 Å². The van der Waals surface area contributed by atoms with Crippen molar-refractivity contribution in [3.63, 3.8) is 0 Å². The number of thiazole rings is 1. The highest BCUT2D eigenvalue weighted by atomic mass is 32.1. The van der Waals surface area contributed by atoms with E-state index in [1.54, 1.807) is 6.92 Å². The van der Waals surface area contributed by atoms with Crippen LogP contribution in [-0.2, 0) is 35.0 Å². The normalized spacial score (nSPS) is 32.2. The van der Waals surface area contributed by atoms with E-state index >= 15 is 0 Å². The summed E-state index contributed by atoms with van der Waals surface area (Å²) in [5.41, 5.74) is -5.31.